The molecule has 3 nitrogen and oxygen atoms in total. The van der Waals surface area contributed by atoms with Gasteiger partial charge < -0.3 is 0 Å². The van der Waals surface area contributed by atoms with Gasteiger partial charge >= 0.3 is 0 Å². The van der Waals surface area contributed by atoms with E-state index in [-0.39, 0.29) is 10.6 Å². The molecular formula is C13H12NO2. The molecule has 16 heavy (non-hydrogen) atoms. The van der Waals surface area contributed by atoms with E-state index in [2.05, 4.69) is 0 Å². The number of nitro benzene ring substituents is 1. The lowest BCUT2D eigenvalue weighted by atomic mass is 9.99. The monoisotopic (exact) mass is 214 g/mol. The van der Waals surface area contributed by atoms with Gasteiger partial charge in [-0.25, -0.2) is 0 Å². The molecule has 0 aliphatic rings. The topological polar surface area (TPSA) is 43.1 Å². The maximum Gasteiger partial charge on any atom is 0.273 e. The van der Waals surface area contributed by atoms with E-state index in [1.807, 2.05) is 37.6 Å². The smallest absolute Gasteiger partial charge is 0.258 e. The molecule has 0 amide bonds. The SMILES string of the molecule is CC[CH]c1c([N+](=O)[O-])ccc2ccccc12. The predicted molar refractivity (Wildman–Crippen MR) is 64.3 cm³/mol. The van der Waals surface area contributed by atoms with Crippen LogP contribution in [0.15, 0.2) is 36.4 Å². The van der Waals surface area contributed by atoms with Gasteiger partial charge in [-0.15, -0.1) is 0 Å². The van der Waals surface area contributed by atoms with E-state index in [1.54, 1.807) is 12.1 Å². The number of rotatable bonds is 3. The van der Waals surface area contributed by atoms with Crippen molar-refractivity contribution in [1.29, 1.82) is 0 Å². The van der Waals surface area contributed by atoms with Gasteiger partial charge in [-0.05, 0) is 29.7 Å². The highest BCUT2D eigenvalue weighted by molar-refractivity contribution is 5.90. The van der Waals surface area contributed by atoms with Gasteiger partial charge in [0.05, 0.1) is 4.92 Å². The first kappa shape index (κ1) is 10.6. The van der Waals surface area contributed by atoms with Crippen LogP contribution in [0.2, 0.25) is 0 Å². The molecule has 0 aliphatic heterocycles. The average Bonchev–Trinajstić information content (AvgIpc) is 2.29. The summed E-state index contributed by atoms with van der Waals surface area (Å²) < 4.78 is 0. The number of nitro groups is 1. The maximum atomic E-state index is 10.9. The average molecular weight is 214 g/mol. The molecule has 0 bridgehead atoms. The zero-order valence-electron chi connectivity index (χ0n) is 9.01. The van der Waals surface area contributed by atoms with Crippen LogP contribution >= 0.6 is 0 Å². The number of fused-ring (bicyclic) bond motifs is 1. The molecule has 0 aromatic heterocycles. The molecule has 1 radical (unpaired) electrons. The van der Waals surface area contributed by atoms with Crippen LogP contribution in [0.5, 0.6) is 0 Å². The molecule has 3 heteroatoms. The highest BCUT2D eigenvalue weighted by atomic mass is 16.6. The zero-order valence-corrected chi connectivity index (χ0v) is 9.01. The lowest BCUT2D eigenvalue weighted by Gasteiger charge is -2.05. The summed E-state index contributed by atoms with van der Waals surface area (Å²) in [5.74, 6) is 0. The van der Waals surface area contributed by atoms with Gasteiger partial charge in [-0.2, -0.15) is 0 Å². The minimum atomic E-state index is -0.325. The third kappa shape index (κ3) is 1.76. The first-order chi connectivity index (χ1) is 7.74. The van der Waals surface area contributed by atoms with E-state index in [0.29, 0.717) is 0 Å². The normalized spacial score (nSPS) is 10.6. The Kier molecular flexibility index (Phi) is 2.86. The molecule has 0 spiro atoms. The minimum Gasteiger partial charge on any atom is -0.258 e. The maximum absolute atomic E-state index is 10.9. The van der Waals surface area contributed by atoms with Gasteiger partial charge in [-0.3, -0.25) is 10.1 Å². The number of nitrogens with zero attached hydrogens (tertiary/aromatic N) is 1. The van der Waals surface area contributed by atoms with Crippen molar-refractivity contribution in [3.63, 3.8) is 0 Å². The van der Waals surface area contributed by atoms with Gasteiger partial charge in [0.25, 0.3) is 5.69 Å². The number of benzene rings is 2. The van der Waals surface area contributed by atoms with E-state index in [0.717, 1.165) is 22.8 Å². The van der Waals surface area contributed by atoms with Crippen LogP contribution in [0.3, 0.4) is 0 Å². The number of hydrogen-bond donors (Lipinski definition) is 0. The molecule has 0 saturated heterocycles. The van der Waals surface area contributed by atoms with Crippen molar-refractivity contribution in [2.24, 2.45) is 0 Å². The summed E-state index contributed by atoms with van der Waals surface area (Å²) >= 11 is 0. The summed E-state index contributed by atoms with van der Waals surface area (Å²) in [6, 6.07) is 11.1. The van der Waals surface area contributed by atoms with Gasteiger partial charge in [0, 0.05) is 11.6 Å². The molecule has 0 unspecified atom stereocenters. The third-order valence-electron chi connectivity index (χ3n) is 2.55. The Hall–Kier alpha value is -1.90. The Bertz CT molecular complexity index is 534. The fraction of sp³-hybridized carbons (Fsp3) is 0.154. The van der Waals surface area contributed by atoms with Crippen molar-refractivity contribution in [2.75, 3.05) is 0 Å². The third-order valence-corrected chi connectivity index (χ3v) is 2.55. The predicted octanol–water partition coefficient (Wildman–Crippen LogP) is 3.71. The Labute approximate surface area is 93.9 Å². The standard InChI is InChI=1S/C13H12NO2/c1-2-5-12-11-7-4-3-6-10(11)8-9-13(12)14(15)16/h3-9H,2H2,1H3. The van der Waals surface area contributed by atoms with Crippen molar-refractivity contribution < 1.29 is 4.92 Å². The summed E-state index contributed by atoms with van der Waals surface area (Å²) in [7, 11) is 0. The Morgan fingerprint density at radius 2 is 2.00 bits per heavy atom. The van der Waals surface area contributed by atoms with Gasteiger partial charge in [0.2, 0.25) is 0 Å². The van der Waals surface area contributed by atoms with Crippen molar-refractivity contribution in [1.82, 2.24) is 0 Å². The van der Waals surface area contributed by atoms with Crippen LogP contribution in [0, 0.1) is 16.5 Å². The summed E-state index contributed by atoms with van der Waals surface area (Å²) in [5.41, 5.74) is 0.908. The first-order valence-electron chi connectivity index (χ1n) is 5.23. The van der Waals surface area contributed by atoms with E-state index in [9.17, 15) is 10.1 Å². The summed E-state index contributed by atoms with van der Waals surface area (Å²) in [6.45, 7) is 1.98. The summed E-state index contributed by atoms with van der Waals surface area (Å²) in [6.07, 6.45) is 2.69. The molecule has 0 aliphatic carbocycles. The molecule has 0 fully saturated rings. The fourth-order valence-corrected chi connectivity index (χ4v) is 1.86. The van der Waals surface area contributed by atoms with Crippen LogP contribution < -0.4 is 0 Å². The highest BCUT2D eigenvalue weighted by Gasteiger charge is 2.15. The van der Waals surface area contributed by atoms with Crippen molar-refractivity contribution in [3.8, 4) is 0 Å². The van der Waals surface area contributed by atoms with Crippen LogP contribution in [-0.4, -0.2) is 4.92 Å². The molecule has 0 N–H and O–H groups in total. The Balaban J connectivity index is 2.73. The molecule has 0 atom stereocenters. The van der Waals surface area contributed by atoms with Crippen LogP contribution in [0.1, 0.15) is 18.9 Å². The quantitative estimate of drug-likeness (QED) is 0.577. The number of hydrogen-bond acceptors (Lipinski definition) is 2. The Morgan fingerprint density at radius 3 is 2.69 bits per heavy atom. The van der Waals surface area contributed by atoms with Crippen molar-refractivity contribution in [3.05, 3.63) is 58.5 Å². The second-order valence-electron chi connectivity index (χ2n) is 3.59. The molecule has 81 valence electrons. The van der Waals surface area contributed by atoms with Crippen LogP contribution in [0.25, 0.3) is 10.8 Å². The molecular weight excluding hydrogens is 202 g/mol. The lowest BCUT2D eigenvalue weighted by Crippen LogP contribution is -1.95. The second-order valence-corrected chi connectivity index (χ2v) is 3.59. The van der Waals surface area contributed by atoms with Crippen molar-refractivity contribution in [2.45, 2.75) is 13.3 Å². The van der Waals surface area contributed by atoms with Crippen molar-refractivity contribution >= 4 is 16.5 Å². The molecule has 2 aromatic rings. The highest BCUT2D eigenvalue weighted by Crippen LogP contribution is 2.29. The van der Waals surface area contributed by atoms with E-state index in [1.165, 1.54) is 0 Å². The Morgan fingerprint density at radius 1 is 1.25 bits per heavy atom. The molecule has 0 saturated carbocycles. The lowest BCUT2D eigenvalue weighted by molar-refractivity contribution is -0.385. The van der Waals surface area contributed by atoms with Gasteiger partial charge in [0.15, 0.2) is 0 Å². The summed E-state index contributed by atoms with van der Waals surface area (Å²) in [5, 5.41) is 12.9. The second kappa shape index (κ2) is 4.31. The largest absolute Gasteiger partial charge is 0.273 e. The fourth-order valence-electron chi connectivity index (χ4n) is 1.86. The van der Waals surface area contributed by atoms with Crippen LogP contribution in [0.4, 0.5) is 5.69 Å². The minimum absolute atomic E-state index is 0.181. The van der Waals surface area contributed by atoms with E-state index in [4.69, 9.17) is 0 Å². The zero-order chi connectivity index (χ0) is 11.5. The van der Waals surface area contributed by atoms with Gasteiger partial charge in [0.1, 0.15) is 0 Å². The molecule has 2 rings (SSSR count). The molecule has 0 heterocycles. The van der Waals surface area contributed by atoms with E-state index < -0.39 is 0 Å². The van der Waals surface area contributed by atoms with E-state index >= 15 is 0 Å². The van der Waals surface area contributed by atoms with Crippen LogP contribution in [-0.2, 0) is 0 Å². The first-order valence-corrected chi connectivity index (χ1v) is 5.23. The van der Waals surface area contributed by atoms with Gasteiger partial charge in [-0.1, -0.05) is 31.2 Å². The molecule has 2 aromatic carbocycles. The summed E-state index contributed by atoms with van der Waals surface area (Å²) in [4.78, 5) is 10.6.